The summed E-state index contributed by atoms with van der Waals surface area (Å²) in [5, 5.41) is 11.2. The zero-order valence-corrected chi connectivity index (χ0v) is 34.4. The molecule has 0 bridgehead atoms. The van der Waals surface area contributed by atoms with E-state index in [9.17, 15) is 27.2 Å². The highest BCUT2D eigenvalue weighted by atomic mass is 31.0. The number of ether oxygens (including phenoxy) is 2. The van der Waals surface area contributed by atoms with E-state index < -0.39 is 29.5 Å². The smallest absolute Gasteiger partial charge is 0.303 e. The number of likely N-dealkylation sites (N-methyl/N-ethyl adjacent to an activating group) is 1. The summed E-state index contributed by atoms with van der Waals surface area (Å²) < 4.78 is 60.2. The number of fused-ring (bicyclic) bond motifs is 1. The van der Waals surface area contributed by atoms with Crippen LogP contribution in [0.1, 0.15) is 53.2 Å². The Morgan fingerprint density at radius 2 is 1.53 bits per heavy atom. The van der Waals surface area contributed by atoms with Gasteiger partial charge in [0.2, 0.25) is 6.17 Å². The summed E-state index contributed by atoms with van der Waals surface area (Å²) in [6.07, 6.45) is -0.357. The topological polar surface area (TPSA) is 109 Å². The van der Waals surface area contributed by atoms with Crippen LogP contribution < -0.4 is 20.1 Å². The molecule has 3 fully saturated rings. The normalized spacial score (nSPS) is 17.1. The number of aliphatic carboxylic acids is 1. The Morgan fingerprint density at radius 3 is 2.05 bits per heavy atom. The second kappa shape index (κ2) is 18.4. The molecule has 7 rings (SSSR count). The number of nitrogens with zero attached hydrogens (tertiary/aromatic N) is 3. The minimum absolute atomic E-state index is 0.00659. The molecule has 2 heterocycles. The molecular formula is C43H53F4N4O5P. The fourth-order valence-electron chi connectivity index (χ4n) is 8.67. The summed E-state index contributed by atoms with van der Waals surface area (Å²) in [6, 6.07) is 19.4. The van der Waals surface area contributed by atoms with Crippen LogP contribution in [0.2, 0.25) is 0 Å². The molecule has 9 nitrogen and oxygen atoms in total. The Kier molecular flexibility index (Phi) is 14.1. The third-order valence-corrected chi connectivity index (χ3v) is 10.9. The molecule has 14 heteroatoms. The number of piperazine rings is 1. The van der Waals surface area contributed by atoms with Crippen LogP contribution in [0.3, 0.4) is 0 Å². The first-order valence-electron chi connectivity index (χ1n) is 18.9. The Hall–Kier alpha value is -4.45. The number of aryl methyl sites for hydroxylation is 2. The molecule has 1 spiro atoms. The minimum atomic E-state index is -2.25. The molecule has 3 aliphatic rings. The summed E-state index contributed by atoms with van der Waals surface area (Å²) in [4.78, 5) is 29.0. The Balaban J connectivity index is 0.000000236. The second-order valence-corrected chi connectivity index (χ2v) is 16.1. The first-order valence-corrected chi connectivity index (χ1v) is 19.6. The van der Waals surface area contributed by atoms with Gasteiger partial charge in [0.05, 0.1) is 25.3 Å². The zero-order chi connectivity index (χ0) is 41.7. The highest BCUT2D eigenvalue weighted by Gasteiger charge is 2.58. The van der Waals surface area contributed by atoms with Crippen molar-refractivity contribution in [2.45, 2.75) is 57.9 Å². The van der Waals surface area contributed by atoms with Crippen molar-refractivity contribution in [1.29, 1.82) is 0 Å². The summed E-state index contributed by atoms with van der Waals surface area (Å²) in [7, 11) is 6.73. The summed E-state index contributed by atoms with van der Waals surface area (Å²) >= 11 is 0. The van der Waals surface area contributed by atoms with Crippen molar-refractivity contribution in [3.63, 3.8) is 0 Å². The van der Waals surface area contributed by atoms with E-state index in [4.69, 9.17) is 20.3 Å². The zero-order valence-electron chi connectivity index (χ0n) is 33.2. The number of hydrogen-bond donors (Lipinski definition) is 2. The lowest BCUT2D eigenvalue weighted by Gasteiger charge is -2.60. The van der Waals surface area contributed by atoms with Gasteiger partial charge in [-0.15, -0.1) is 0 Å². The molecule has 4 aromatic rings. The molecule has 57 heavy (non-hydrogen) atoms. The molecule has 2 aliphatic heterocycles. The molecule has 1 aliphatic carbocycles. The van der Waals surface area contributed by atoms with Crippen molar-refractivity contribution in [1.82, 2.24) is 9.80 Å². The number of rotatable bonds is 10. The first kappa shape index (κ1) is 43.7. The molecule has 2 saturated heterocycles. The van der Waals surface area contributed by atoms with Crippen LogP contribution in [-0.2, 0) is 17.8 Å². The van der Waals surface area contributed by atoms with Crippen LogP contribution in [0, 0.1) is 18.2 Å². The highest BCUT2D eigenvalue weighted by Crippen LogP contribution is 2.56. The van der Waals surface area contributed by atoms with Crippen molar-refractivity contribution in [2.75, 3.05) is 65.4 Å². The SMILES string of the molecule is COc1cc(CN2CC3(C2)CC(C)(F)C3)cc(OC)c1-c1cccc2c(CCC(=O)O)cccc12.Cc1cc(N2CCN(C)CC2)cc(F)c1C(N)=O.FC(F)P. The number of amides is 1. The Morgan fingerprint density at radius 1 is 0.947 bits per heavy atom. The molecule has 308 valence electrons. The second-order valence-electron chi connectivity index (χ2n) is 15.6. The van der Waals surface area contributed by atoms with Gasteiger partial charge in [0.15, 0.2) is 0 Å². The number of carboxylic acids is 1. The predicted molar refractivity (Wildman–Crippen MR) is 220 cm³/mol. The number of hydrogen-bond acceptors (Lipinski definition) is 7. The van der Waals surface area contributed by atoms with Crippen molar-refractivity contribution in [3.8, 4) is 22.6 Å². The predicted octanol–water partition coefficient (Wildman–Crippen LogP) is 7.93. The molecule has 1 atom stereocenters. The number of anilines is 1. The summed E-state index contributed by atoms with van der Waals surface area (Å²) in [6.45, 7) is 9.70. The molecule has 0 radical (unpaired) electrons. The Bertz CT molecular complexity index is 2010. The number of likely N-dealkylation sites (tertiary alicyclic amines) is 1. The van der Waals surface area contributed by atoms with E-state index in [0.717, 1.165) is 96.0 Å². The standard InChI is InChI=1S/C29H32FNO4.C13H18FN3O.CH3F2P/c1-28(30)15-29(16-28)17-31(18-29)14-19-12-24(34-2)27(25(13-19)35-3)23-9-5-7-21-20(10-11-26(32)33)6-4-8-22(21)23;1-9-7-10(8-11(14)12(9)13(15)18)17-5-3-16(2)4-6-17;2-1(3)4/h4-9,12-13H,10-11,14-18H2,1-3H3,(H,32,33);7-8H,3-6H2,1-2H3,(H2,15,18);1H,4H2. The molecule has 4 aromatic carbocycles. The van der Waals surface area contributed by atoms with Gasteiger partial charge in [-0.1, -0.05) is 45.6 Å². The van der Waals surface area contributed by atoms with E-state index in [-0.39, 0.29) is 17.4 Å². The van der Waals surface area contributed by atoms with E-state index in [1.807, 2.05) is 36.4 Å². The van der Waals surface area contributed by atoms with Crippen LogP contribution in [0.25, 0.3) is 21.9 Å². The third kappa shape index (κ3) is 10.7. The average molecular weight is 813 g/mol. The number of carboxylic acid groups (broad SMARTS) is 1. The van der Waals surface area contributed by atoms with Gasteiger partial charge in [-0.05, 0) is 97.4 Å². The number of alkyl halides is 3. The van der Waals surface area contributed by atoms with Gasteiger partial charge in [0.1, 0.15) is 23.0 Å². The molecule has 3 N–H and O–H groups in total. The van der Waals surface area contributed by atoms with Crippen molar-refractivity contribution >= 4 is 37.6 Å². The maximum atomic E-state index is 14.0. The van der Waals surface area contributed by atoms with E-state index in [2.05, 4.69) is 39.9 Å². The molecule has 1 amide bonds. The number of methoxy groups -OCH3 is 2. The van der Waals surface area contributed by atoms with Crippen LogP contribution in [0.4, 0.5) is 23.2 Å². The van der Waals surface area contributed by atoms with Crippen molar-refractivity contribution < 1.29 is 41.7 Å². The fourth-order valence-corrected chi connectivity index (χ4v) is 8.67. The van der Waals surface area contributed by atoms with Gasteiger partial charge in [0.25, 0.3) is 5.91 Å². The van der Waals surface area contributed by atoms with Crippen LogP contribution in [0.15, 0.2) is 60.7 Å². The summed E-state index contributed by atoms with van der Waals surface area (Å²) in [5.41, 5.74) is 9.72. The fraction of sp³-hybridized carbons (Fsp3) is 0.442. The maximum Gasteiger partial charge on any atom is 0.303 e. The van der Waals surface area contributed by atoms with Gasteiger partial charge in [-0.2, -0.15) is 0 Å². The van der Waals surface area contributed by atoms with Crippen LogP contribution >= 0.6 is 9.24 Å². The number of benzene rings is 4. The lowest BCUT2D eigenvalue weighted by molar-refractivity contribution is -0.148. The number of halogens is 4. The quantitative estimate of drug-likeness (QED) is 0.123. The van der Waals surface area contributed by atoms with Crippen LogP contribution in [0.5, 0.6) is 11.5 Å². The minimum Gasteiger partial charge on any atom is -0.496 e. The largest absolute Gasteiger partial charge is 0.496 e. The Labute approximate surface area is 334 Å². The van der Waals surface area contributed by atoms with E-state index in [1.165, 1.54) is 15.3 Å². The van der Waals surface area contributed by atoms with Crippen molar-refractivity contribution in [3.05, 3.63) is 88.7 Å². The van der Waals surface area contributed by atoms with Gasteiger partial charge < -0.3 is 30.1 Å². The number of primary amides is 1. The van der Waals surface area contributed by atoms with Crippen molar-refractivity contribution in [2.24, 2.45) is 11.1 Å². The maximum absolute atomic E-state index is 14.0. The van der Waals surface area contributed by atoms with Gasteiger partial charge >= 0.3 is 5.97 Å². The van der Waals surface area contributed by atoms with Crippen LogP contribution in [-0.4, -0.2) is 99.2 Å². The van der Waals surface area contributed by atoms with E-state index >= 15 is 0 Å². The van der Waals surface area contributed by atoms with Gasteiger partial charge in [0, 0.05) is 63.3 Å². The number of nitrogens with two attached hydrogens (primary N) is 1. The number of carbonyl (C=O) groups is 2. The summed E-state index contributed by atoms with van der Waals surface area (Å²) in [5.74, 6) is -0.580. The van der Waals surface area contributed by atoms with E-state index in [0.29, 0.717) is 24.8 Å². The lowest BCUT2D eigenvalue weighted by Crippen LogP contribution is -2.65. The van der Waals surface area contributed by atoms with Gasteiger partial charge in [-0.3, -0.25) is 14.5 Å². The van der Waals surface area contributed by atoms with Gasteiger partial charge in [-0.25, -0.2) is 17.6 Å². The highest BCUT2D eigenvalue weighted by molar-refractivity contribution is 7.16. The first-order chi connectivity index (χ1) is 26.9. The molecule has 0 aromatic heterocycles. The number of carbonyl (C=O) groups excluding carboxylic acids is 1. The monoisotopic (exact) mass is 812 g/mol. The molecule has 1 unspecified atom stereocenters. The molecule has 1 saturated carbocycles. The average Bonchev–Trinajstić information content (AvgIpc) is 3.11. The van der Waals surface area contributed by atoms with E-state index in [1.54, 1.807) is 28.1 Å². The third-order valence-electron chi connectivity index (χ3n) is 10.9. The lowest BCUT2D eigenvalue weighted by atomic mass is 9.56. The molecular weight excluding hydrogens is 759 g/mol.